The summed E-state index contributed by atoms with van der Waals surface area (Å²) < 4.78 is 10.6. The average molecular weight is 326 g/mol. The van der Waals surface area contributed by atoms with Crippen LogP contribution in [0.5, 0.6) is 11.5 Å². The molecule has 0 amide bonds. The summed E-state index contributed by atoms with van der Waals surface area (Å²) in [6.45, 7) is 2.08. The number of anilines is 2. The minimum atomic E-state index is 0.689. The van der Waals surface area contributed by atoms with Crippen LogP contribution in [-0.2, 0) is 0 Å². The predicted octanol–water partition coefficient (Wildman–Crippen LogP) is 4.88. The quantitative estimate of drug-likeness (QED) is 0.726. The van der Waals surface area contributed by atoms with Gasteiger partial charge in [-0.15, -0.1) is 11.3 Å². The molecule has 3 rings (SSSR count). The molecule has 0 aliphatic heterocycles. The van der Waals surface area contributed by atoms with Crippen LogP contribution in [0.3, 0.4) is 0 Å². The zero-order chi connectivity index (χ0) is 16.2. The van der Waals surface area contributed by atoms with E-state index in [9.17, 15) is 0 Å². The highest BCUT2D eigenvalue weighted by atomic mass is 32.1. The highest BCUT2D eigenvalue weighted by Gasteiger charge is 2.11. The van der Waals surface area contributed by atoms with Crippen molar-refractivity contribution in [2.45, 2.75) is 6.92 Å². The van der Waals surface area contributed by atoms with E-state index in [1.807, 2.05) is 36.4 Å². The average Bonchev–Trinajstić information content (AvgIpc) is 2.95. The number of aryl methyl sites for hydroxylation is 1. The van der Waals surface area contributed by atoms with Crippen molar-refractivity contribution in [3.63, 3.8) is 0 Å². The maximum Gasteiger partial charge on any atom is 0.187 e. The minimum Gasteiger partial charge on any atom is -0.493 e. The van der Waals surface area contributed by atoms with Gasteiger partial charge >= 0.3 is 0 Å². The van der Waals surface area contributed by atoms with Gasteiger partial charge in [0.25, 0.3) is 0 Å². The van der Waals surface area contributed by atoms with E-state index >= 15 is 0 Å². The van der Waals surface area contributed by atoms with Crippen LogP contribution in [0.15, 0.2) is 48.5 Å². The lowest BCUT2D eigenvalue weighted by Gasteiger charge is -2.09. The van der Waals surface area contributed by atoms with Gasteiger partial charge in [-0.1, -0.05) is 30.3 Å². The third-order valence-corrected chi connectivity index (χ3v) is 4.36. The Balaban J connectivity index is 1.87. The fraction of sp³-hybridized carbons (Fsp3) is 0.167. The van der Waals surface area contributed by atoms with Crippen molar-refractivity contribution < 1.29 is 9.47 Å². The van der Waals surface area contributed by atoms with E-state index < -0.39 is 0 Å². The summed E-state index contributed by atoms with van der Waals surface area (Å²) in [5.41, 5.74) is 3.05. The fourth-order valence-electron chi connectivity index (χ4n) is 2.35. The normalized spacial score (nSPS) is 10.4. The first-order valence-electron chi connectivity index (χ1n) is 7.23. The zero-order valence-electron chi connectivity index (χ0n) is 13.3. The summed E-state index contributed by atoms with van der Waals surface area (Å²) in [5.74, 6) is 1.40. The molecule has 0 radical (unpaired) electrons. The van der Waals surface area contributed by atoms with E-state index in [1.165, 1.54) is 4.88 Å². The monoisotopic (exact) mass is 326 g/mol. The second kappa shape index (κ2) is 6.71. The molecular weight excluding hydrogens is 308 g/mol. The van der Waals surface area contributed by atoms with Crippen LogP contribution >= 0.6 is 11.3 Å². The van der Waals surface area contributed by atoms with Gasteiger partial charge in [-0.2, -0.15) is 0 Å². The van der Waals surface area contributed by atoms with Crippen molar-refractivity contribution in [3.8, 4) is 22.8 Å². The summed E-state index contributed by atoms with van der Waals surface area (Å²) in [6, 6.07) is 15.9. The maximum absolute atomic E-state index is 5.33. The first-order chi connectivity index (χ1) is 11.2. The van der Waals surface area contributed by atoms with E-state index in [2.05, 4.69) is 24.4 Å². The molecule has 1 N–H and O–H groups in total. The number of rotatable bonds is 5. The molecule has 0 atom stereocenters. The number of methoxy groups -OCH3 is 2. The number of hydrogen-bond acceptors (Lipinski definition) is 5. The topological polar surface area (TPSA) is 43.4 Å². The molecule has 5 heteroatoms. The SMILES string of the molecule is COc1ccc(Nc2nc(-c3ccccc3)c(C)s2)cc1OC. The van der Waals surface area contributed by atoms with Gasteiger partial charge in [-0.25, -0.2) is 4.98 Å². The van der Waals surface area contributed by atoms with Gasteiger partial charge in [-0.05, 0) is 19.1 Å². The summed E-state index contributed by atoms with van der Waals surface area (Å²) in [7, 11) is 3.25. The van der Waals surface area contributed by atoms with Crippen molar-refractivity contribution >= 4 is 22.2 Å². The number of benzene rings is 2. The summed E-state index contributed by atoms with van der Waals surface area (Å²) in [4.78, 5) is 5.89. The van der Waals surface area contributed by atoms with E-state index in [4.69, 9.17) is 14.5 Å². The van der Waals surface area contributed by atoms with Crippen molar-refractivity contribution in [3.05, 3.63) is 53.4 Å². The molecule has 0 bridgehead atoms. The van der Waals surface area contributed by atoms with Gasteiger partial charge in [0.2, 0.25) is 0 Å². The van der Waals surface area contributed by atoms with Gasteiger partial charge in [0.05, 0.1) is 19.9 Å². The Kier molecular flexibility index (Phi) is 4.48. The first kappa shape index (κ1) is 15.4. The number of nitrogens with one attached hydrogen (secondary N) is 1. The van der Waals surface area contributed by atoms with Crippen LogP contribution < -0.4 is 14.8 Å². The van der Waals surface area contributed by atoms with Crippen LogP contribution in [0.4, 0.5) is 10.8 Å². The zero-order valence-corrected chi connectivity index (χ0v) is 14.1. The Morgan fingerprint density at radius 2 is 1.70 bits per heavy atom. The van der Waals surface area contributed by atoms with Gasteiger partial charge in [0.15, 0.2) is 16.6 Å². The van der Waals surface area contributed by atoms with E-state index in [-0.39, 0.29) is 0 Å². The van der Waals surface area contributed by atoms with Crippen molar-refractivity contribution in [1.29, 1.82) is 0 Å². The highest BCUT2D eigenvalue weighted by Crippen LogP contribution is 2.34. The largest absolute Gasteiger partial charge is 0.493 e. The van der Waals surface area contributed by atoms with Crippen LogP contribution in [-0.4, -0.2) is 19.2 Å². The first-order valence-corrected chi connectivity index (χ1v) is 8.05. The molecule has 118 valence electrons. The third-order valence-electron chi connectivity index (χ3n) is 3.48. The molecular formula is C18H18N2O2S. The van der Waals surface area contributed by atoms with Gasteiger partial charge in [0.1, 0.15) is 0 Å². The number of nitrogens with zero attached hydrogens (tertiary/aromatic N) is 1. The number of thiazole rings is 1. The smallest absolute Gasteiger partial charge is 0.187 e. The fourth-order valence-corrected chi connectivity index (χ4v) is 3.21. The van der Waals surface area contributed by atoms with Crippen LogP contribution in [0, 0.1) is 6.92 Å². The molecule has 23 heavy (non-hydrogen) atoms. The Hall–Kier alpha value is -2.53. The Bertz CT molecular complexity index is 800. The molecule has 2 aromatic carbocycles. The van der Waals surface area contributed by atoms with Crippen LogP contribution in [0.1, 0.15) is 4.88 Å². The lowest BCUT2D eigenvalue weighted by atomic mass is 10.1. The second-order valence-electron chi connectivity index (χ2n) is 4.98. The standard InChI is InChI=1S/C18H18N2O2S/c1-12-17(13-7-5-4-6-8-13)20-18(23-12)19-14-9-10-15(21-2)16(11-14)22-3/h4-11H,1-3H3,(H,19,20). The number of ether oxygens (including phenoxy) is 2. The Morgan fingerprint density at radius 3 is 2.39 bits per heavy atom. The second-order valence-corrected chi connectivity index (χ2v) is 6.19. The molecule has 0 fully saturated rings. The molecule has 0 unspecified atom stereocenters. The van der Waals surface area contributed by atoms with Gasteiger partial charge in [-0.3, -0.25) is 0 Å². The molecule has 0 saturated heterocycles. The Labute approximate surface area is 139 Å². The third kappa shape index (κ3) is 3.29. The molecule has 0 spiro atoms. The number of aromatic nitrogens is 1. The van der Waals surface area contributed by atoms with E-state index in [0.29, 0.717) is 11.5 Å². The summed E-state index contributed by atoms with van der Waals surface area (Å²) in [5, 5.41) is 4.19. The number of hydrogen-bond donors (Lipinski definition) is 1. The van der Waals surface area contributed by atoms with E-state index in [0.717, 1.165) is 22.1 Å². The minimum absolute atomic E-state index is 0.689. The van der Waals surface area contributed by atoms with Crippen molar-refractivity contribution in [2.75, 3.05) is 19.5 Å². The van der Waals surface area contributed by atoms with Gasteiger partial charge in [0, 0.05) is 22.2 Å². The Morgan fingerprint density at radius 1 is 0.957 bits per heavy atom. The molecule has 0 saturated carbocycles. The molecule has 1 heterocycles. The lowest BCUT2D eigenvalue weighted by Crippen LogP contribution is -1.94. The molecule has 0 aliphatic carbocycles. The predicted molar refractivity (Wildman–Crippen MR) is 95.1 cm³/mol. The molecule has 0 aliphatic rings. The maximum atomic E-state index is 5.33. The van der Waals surface area contributed by atoms with E-state index in [1.54, 1.807) is 25.6 Å². The summed E-state index contributed by atoms with van der Waals surface area (Å²) >= 11 is 1.63. The molecule has 4 nitrogen and oxygen atoms in total. The van der Waals surface area contributed by atoms with Crippen LogP contribution in [0.2, 0.25) is 0 Å². The lowest BCUT2D eigenvalue weighted by molar-refractivity contribution is 0.355. The molecule has 1 aromatic heterocycles. The van der Waals surface area contributed by atoms with Gasteiger partial charge < -0.3 is 14.8 Å². The summed E-state index contributed by atoms with van der Waals surface area (Å²) in [6.07, 6.45) is 0. The van der Waals surface area contributed by atoms with Crippen molar-refractivity contribution in [1.82, 2.24) is 4.98 Å². The van der Waals surface area contributed by atoms with Crippen LogP contribution in [0.25, 0.3) is 11.3 Å². The molecule has 3 aromatic rings. The van der Waals surface area contributed by atoms with Crippen molar-refractivity contribution in [2.24, 2.45) is 0 Å². The highest BCUT2D eigenvalue weighted by molar-refractivity contribution is 7.16.